The number of ether oxygens (including phenoxy) is 3. The highest BCUT2D eigenvalue weighted by atomic mass is 16.6. The molecule has 3 aromatic rings. The second-order valence-electron chi connectivity index (χ2n) is 7.52. The first-order valence-electron chi connectivity index (χ1n) is 10.1. The highest BCUT2D eigenvalue weighted by molar-refractivity contribution is 5.94. The van der Waals surface area contributed by atoms with Crippen molar-refractivity contribution in [3.05, 3.63) is 65.4 Å². The van der Waals surface area contributed by atoms with Crippen molar-refractivity contribution >= 4 is 22.8 Å². The maximum Gasteiger partial charge on any atom is 0.313 e. The van der Waals surface area contributed by atoms with Crippen LogP contribution in [0.15, 0.2) is 48.5 Å². The van der Waals surface area contributed by atoms with Crippen LogP contribution in [0.2, 0.25) is 0 Å². The Labute approximate surface area is 180 Å². The standard InChI is InChI=1S/C24H24N2O5/c1-14-10-19(20-11-17(30-3)8-9-22(20)26-14)21-12-18(31-24(21)28)13-25-23(27)15-4-6-16(29-2)7-5-15/h4-11,18,21H,12-13H2,1-3H3,(H,25,27). The highest BCUT2D eigenvalue weighted by Gasteiger charge is 2.37. The summed E-state index contributed by atoms with van der Waals surface area (Å²) in [4.78, 5) is 29.6. The van der Waals surface area contributed by atoms with Crippen LogP contribution in [0.1, 0.15) is 34.0 Å². The lowest BCUT2D eigenvalue weighted by Gasteiger charge is -2.13. The minimum Gasteiger partial charge on any atom is -0.497 e. The molecule has 0 saturated carbocycles. The van der Waals surface area contributed by atoms with E-state index in [1.807, 2.05) is 31.2 Å². The largest absolute Gasteiger partial charge is 0.497 e. The molecule has 2 unspecified atom stereocenters. The van der Waals surface area contributed by atoms with Gasteiger partial charge in [-0.1, -0.05) is 0 Å². The first-order valence-corrected chi connectivity index (χ1v) is 10.1. The van der Waals surface area contributed by atoms with E-state index in [2.05, 4.69) is 10.3 Å². The summed E-state index contributed by atoms with van der Waals surface area (Å²) in [5.41, 5.74) is 3.02. The van der Waals surface area contributed by atoms with Gasteiger partial charge in [-0.25, -0.2) is 0 Å². The van der Waals surface area contributed by atoms with Gasteiger partial charge in [0.25, 0.3) is 5.91 Å². The Kier molecular flexibility index (Phi) is 5.75. The summed E-state index contributed by atoms with van der Waals surface area (Å²) in [6.07, 6.45) is 0.0890. The Morgan fingerprint density at radius 1 is 1.10 bits per heavy atom. The highest BCUT2D eigenvalue weighted by Crippen LogP contribution is 2.36. The Morgan fingerprint density at radius 2 is 1.81 bits per heavy atom. The summed E-state index contributed by atoms with van der Waals surface area (Å²) in [5, 5.41) is 3.72. The van der Waals surface area contributed by atoms with Crippen LogP contribution in [0.25, 0.3) is 10.9 Å². The third-order valence-electron chi connectivity index (χ3n) is 5.46. The van der Waals surface area contributed by atoms with Crippen LogP contribution < -0.4 is 14.8 Å². The number of cyclic esters (lactones) is 1. The number of amides is 1. The molecule has 160 valence electrons. The van der Waals surface area contributed by atoms with Crippen LogP contribution in [0, 0.1) is 6.92 Å². The molecule has 2 atom stereocenters. The van der Waals surface area contributed by atoms with E-state index in [1.54, 1.807) is 38.5 Å². The summed E-state index contributed by atoms with van der Waals surface area (Å²) in [6, 6.07) is 14.4. The molecule has 1 fully saturated rings. The van der Waals surface area contributed by atoms with Crippen molar-refractivity contribution in [3.63, 3.8) is 0 Å². The quantitative estimate of drug-likeness (QED) is 0.615. The lowest BCUT2D eigenvalue weighted by Crippen LogP contribution is -2.32. The molecule has 0 bridgehead atoms. The predicted molar refractivity (Wildman–Crippen MR) is 116 cm³/mol. The Bertz CT molecular complexity index is 1130. The number of fused-ring (bicyclic) bond motifs is 1. The summed E-state index contributed by atoms with van der Waals surface area (Å²) in [7, 11) is 3.18. The maximum absolute atomic E-state index is 12.7. The molecular formula is C24H24N2O5. The number of nitrogens with zero attached hydrogens (tertiary/aromatic N) is 1. The minimum atomic E-state index is -0.417. The molecule has 2 heterocycles. The average Bonchev–Trinajstić information content (AvgIpc) is 3.16. The lowest BCUT2D eigenvalue weighted by molar-refractivity contribution is -0.142. The number of esters is 1. The third kappa shape index (κ3) is 4.30. The number of benzene rings is 2. The van der Waals surface area contributed by atoms with Gasteiger partial charge in [-0.3, -0.25) is 14.6 Å². The number of methoxy groups -OCH3 is 2. The smallest absolute Gasteiger partial charge is 0.313 e. The zero-order chi connectivity index (χ0) is 22.0. The molecule has 1 aromatic heterocycles. The summed E-state index contributed by atoms with van der Waals surface area (Å²) < 4.78 is 16.0. The first kappa shape index (κ1) is 20.7. The second-order valence-corrected chi connectivity index (χ2v) is 7.52. The third-order valence-corrected chi connectivity index (χ3v) is 5.46. The number of rotatable bonds is 6. The van der Waals surface area contributed by atoms with Crippen LogP contribution in [-0.4, -0.2) is 43.7 Å². The fraction of sp³-hybridized carbons (Fsp3) is 0.292. The molecule has 1 aliphatic rings. The Morgan fingerprint density at radius 3 is 2.52 bits per heavy atom. The molecule has 7 nitrogen and oxygen atoms in total. The fourth-order valence-electron chi connectivity index (χ4n) is 3.87. The minimum absolute atomic E-state index is 0.225. The van der Waals surface area contributed by atoms with Crippen LogP contribution >= 0.6 is 0 Å². The number of carbonyl (C=O) groups is 2. The fourth-order valence-corrected chi connectivity index (χ4v) is 3.87. The monoisotopic (exact) mass is 420 g/mol. The molecule has 0 aliphatic carbocycles. The lowest BCUT2D eigenvalue weighted by atomic mass is 9.92. The normalized spacial score (nSPS) is 18.0. The molecule has 0 radical (unpaired) electrons. The molecule has 1 aliphatic heterocycles. The molecule has 7 heteroatoms. The van der Waals surface area contributed by atoms with Gasteiger partial charge >= 0.3 is 5.97 Å². The van der Waals surface area contributed by atoms with E-state index < -0.39 is 12.0 Å². The van der Waals surface area contributed by atoms with Gasteiger partial charge in [0.1, 0.15) is 17.6 Å². The number of aromatic nitrogens is 1. The number of hydrogen-bond acceptors (Lipinski definition) is 6. The van der Waals surface area contributed by atoms with Crippen molar-refractivity contribution in [1.82, 2.24) is 10.3 Å². The number of nitrogens with one attached hydrogen (secondary N) is 1. The van der Waals surface area contributed by atoms with E-state index in [1.165, 1.54) is 0 Å². The summed E-state index contributed by atoms with van der Waals surface area (Å²) in [6.45, 7) is 2.15. The second kappa shape index (κ2) is 8.63. The van der Waals surface area contributed by atoms with Gasteiger partial charge in [-0.15, -0.1) is 0 Å². The molecular weight excluding hydrogens is 396 g/mol. The van der Waals surface area contributed by atoms with Crippen molar-refractivity contribution in [2.75, 3.05) is 20.8 Å². The molecule has 1 saturated heterocycles. The van der Waals surface area contributed by atoms with Gasteiger partial charge in [0.15, 0.2) is 0 Å². The van der Waals surface area contributed by atoms with E-state index in [0.717, 1.165) is 22.2 Å². The van der Waals surface area contributed by atoms with E-state index in [9.17, 15) is 9.59 Å². The Balaban J connectivity index is 1.49. The van der Waals surface area contributed by atoms with Crippen molar-refractivity contribution in [2.24, 2.45) is 0 Å². The predicted octanol–water partition coefficient (Wildman–Crippen LogP) is 3.39. The molecule has 1 N–H and O–H groups in total. The van der Waals surface area contributed by atoms with E-state index in [-0.39, 0.29) is 18.4 Å². The number of pyridine rings is 1. The summed E-state index contributed by atoms with van der Waals surface area (Å²) in [5.74, 6) is 0.449. The number of aryl methyl sites for hydroxylation is 1. The Hall–Kier alpha value is -3.61. The molecule has 0 spiro atoms. The van der Waals surface area contributed by atoms with Crippen molar-refractivity contribution < 1.29 is 23.8 Å². The van der Waals surface area contributed by atoms with E-state index in [4.69, 9.17) is 14.2 Å². The van der Waals surface area contributed by atoms with Gasteiger partial charge in [-0.05, 0) is 61.0 Å². The van der Waals surface area contributed by atoms with Crippen LogP contribution in [0.3, 0.4) is 0 Å². The topological polar surface area (TPSA) is 86.8 Å². The number of carbonyl (C=O) groups excluding carboxylic acids is 2. The SMILES string of the molecule is COc1ccc(C(=O)NCC2CC(c3cc(C)nc4ccc(OC)cc34)C(=O)O2)cc1. The van der Waals surface area contributed by atoms with Crippen LogP contribution in [0.4, 0.5) is 0 Å². The van der Waals surface area contributed by atoms with Crippen LogP contribution in [0.5, 0.6) is 11.5 Å². The van der Waals surface area contributed by atoms with Gasteiger partial charge in [0.2, 0.25) is 0 Å². The van der Waals surface area contributed by atoms with Crippen LogP contribution in [-0.2, 0) is 9.53 Å². The zero-order valence-corrected chi connectivity index (χ0v) is 17.7. The van der Waals surface area contributed by atoms with Gasteiger partial charge in [0.05, 0.1) is 32.2 Å². The van der Waals surface area contributed by atoms with Crippen molar-refractivity contribution in [1.29, 1.82) is 0 Å². The maximum atomic E-state index is 12.7. The van der Waals surface area contributed by atoms with Gasteiger partial charge in [0, 0.05) is 23.1 Å². The average molecular weight is 420 g/mol. The zero-order valence-electron chi connectivity index (χ0n) is 17.7. The van der Waals surface area contributed by atoms with E-state index >= 15 is 0 Å². The molecule has 1 amide bonds. The number of hydrogen-bond donors (Lipinski definition) is 1. The van der Waals surface area contributed by atoms with Gasteiger partial charge < -0.3 is 19.5 Å². The first-order chi connectivity index (χ1) is 15.0. The molecule has 2 aromatic carbocycles. The van der Waals surface area contributed by atoms with Crippen molar-refractivity contribution in [3.8, 4) is 11.5 Å². The molecule has 4 rings (SSSR count). The summed E-state index contributed by atoms with van der Waals surface area (Å²) >= 11 is 0. The molecule has 31 heavy (non-hydrogen) atoms. The van der Waals surface area contributed by atoms with E-state index in [0.29, 0.717) is 23.5 Å². The van der Waals surface area contributed by atoms with Gasteiger partial charge in [-0.2, -0.15) is 0 Å². The van der Waals surface area contributed by atoms with Crippen molar-refractivity contribution in [2.45, 2.75) is 25.4 Å².